The summed E-state index contributed by atoms with van der Waals surface area (Å²) < 4.78 is 5.10. The molecule has 16 heavy (non-hydrogen) atoms. The van der Waals surface area contributed by atoms with Crippen LogP contribution >= 0.6 is 11.3 Å². The van der Waals surface area contributed by atoms with Crippen LogP contribution in [0.4, 0.5) is 5.13 Å². The lowest BCUT2D eigenvalue weighted by Crippen LogP contribution is -2.45. The van der Waals surface area contributed by atoms with Gasteiger partial charge in [-0.05, 0) is 0 Å². The predicted molar refractivity (Wildman–Crippen MR) is 58.1 cm³/mol. The molecule has 1 aromatic rings. The number of carbonyl (C=O) groups excluding carboxylic acids is 2. The Balaban J connectivity index is 1.91. The van der Waals surface area contributed by atoms with Crippen LogP contribution in [-0.2, 0) is 14.3 Å². The summed E-state index contributed by atoms with van der Waals surface area (Å²) in [4.78, 5) is 28.5. The average Bonchev–Trinajstić information content (AvgIpc) is 2.82. The van der Waals surface area contributed by atoms with Crippen molar-refractivity contribution in [3.63, 3.8) is 0 Å². The zero-order chi connectivity index (χ0) is 11.4. The number of rotatable bonds is 1. The van der Waals surface area contributed by atoms with E-state index in [2.05, 4.69) is 10.3 Å². The monoisotopic (exact) mass is 241 g/mol. The van der Waals surface area contributed by atoms with Crippen LogP contribution < -0.4 is 5.32 Å². The van der Waals surface area contributed by atoms with E-state index in [0.29, 0.717) is 31.4 Å². The summed E-state index contributed by atoms with van der Waals surface area (Å²) >= 11 is 1.28. The largest absolute Gasteiger partial charge is 0.378 e. The van der Waals surface area contributed by atoms with Gasteiger partial charge in [-0.3, -0.25) is 14.9 Å². The molecule has 0 unspecified atom stereocenters. The maximum absolute atomic E-state index is 11.7. The molecule has 1 aliphatic rings. The lowest BCUT2D eigenvalue weighted by atomic mass is 10.4. The summed E-state index contributed by atoms with van der Waals surface area (Å²) in [7, 11) is 0. The maximum atomic E-state index is 11.7. The first-order valence-corrected chi connectivity index (χ1v) is 5.73. The lowest BCUT2D eigenvalue weighted by Gasteiger charge is -2.25. The number of hydrogen-bond donors (Lipinski definition) is 1. The summed E-state index contributed by atoms with van der Waals surface area (Å²) in [5.41, 5.74) is 0. The van der Waals surface area contributed by atoms with E-state index in [0.717, 1.165) is 0 Å². The van der Waals surface area contributed by atoms with Gasteiger partial charge in [-0.2, -0.15) is 0 Å². The minimum absolute atomic E-state index is 0.437. The van der Waals surface area contributed by atoms with Crippen molar-refractivity contribution in [3.8, 4) is 0 Å². The highest BCUT2D eigenvalue weighted by molar-refractivity contribution is 7.13. The van der Waals surface area contributed by atoms with Gasteiger partial charge in [0.25, 0.3) is 0 Å². The number of nitrogens with one attached hydrogen (secondary N) is 1. The van der Waals surface area contributed by atoms with Crippen molar-refractivity contribution >= 4 is 28.3 Å². The van der Waals surface area contributed by atoms with E-state index in [4.69, 9.17) is 4.74 Å². The summed E-state index contributed by atoms with van der Waals surface area (Å²) in [5.74, 6) is -1.17. The number of carbonyl (C=O) groups is 2. The predicted octanol–water partition coefficient (Wildman–Crippen LogP) is -0.0596. The molecular formula is C9H11N3O3S. The van der Waals surface area contributed by atoms with Crippen LogP contribution in [0.25, 0.3) is 0 Å². The lowest BCUT2D eigenvalue weighted by molar-refractivity contribution is -0.145. The van der Waals surface area contributed by atoms with Gasteiger partial charge in [0.05, 0.1) is 13.2 Å². The number of thiazole rings is 1. The first-order chi connectivity index (χ1) is 7.77. The molecule has 7 heteroatoms. The zero-order valence-corrected chi connectivity index (χ0v) is 9.33. The van der Waals surface area contributed by atoms with Gasteiger partial charge in [-0.25, -0.2) is 4.98 Å². The van der Waals surface area contributed by atoms with Gasteiger partial charge in [-0.1, -0.05) is 0 Å². The molecule has 1 aliphatic heterocycles. The molecule has 2 rings (SSSR count). The van der Waals surface area contributed by atoms with Crippen molar-refractivity contribution in [2.45, 2.75) is 0 Å². The van der Waals surface area contributed by atoms with Crippen LogP contribution in [-0.4, -0.2) is 48.0 Å². The maximum Gasteiger partial charge on any atom is 0.315 e. The van der Waals surface area contributed by atoms with Gasteiger partial charge in [0.2, 0.25) is 0 Å². The molecule has 0 saturated carbocycles. The average molecular weight is 241 g/mol. The molecular weight excluding hydrogens is 230 g/mol. The molecule has 2 heterocycles. The Bertz CT molecular complexity index is 373. The van der Waals surface area contributed by atoms with Gasteiger partial charge in [0.1, 0.15) is 0 Å². The second kappa shape index (κ2) is 5.04. The van der Waals surface area contributed by atoms with Crippen molar-refractivity contribution in [1.82, 2.24) is 9.88 Å². The first-order valence-electron chi connectivity index (χ1n) is 4.85. The summed E-state index contributed by atoms with van der Waals surface area (Å²) in [6.45, 7) is 1.89. The third-order valence-electron chi connectivity index (χ3n) is 2.15. The molecule has 0 aliphatic carbocycles. The van der Waals surface area contributed by atoms with E-state index in [9.17, 15) is 9.59 Å². The van der Waals surface area contributed by atoms with Gasteiger partial charge in [0.15, 0.2) is 5.13 Å². The zero-order valence-electron chi connectivity index (χ0n) is 8.51. The van der Waals surface area contributed by atoms with Crippen molar-refractivity contribution < 1.29 is 14.3 Å². The summed E-state index contributed by atoms with van der Waals surface area (Å²) in [5, 5.41) is 4.62. The van der Waals surface area contributed by atoms with Gasteiger partial charge in [0, 0.05) is 24.7 Å². The van der Waals surface area contributed by atoms with Crippen LogP contribution in [0.15, 0.2) is 11.6 Å². The number of ether oxygens (including phenoxy) is 1. The molecule has 0 atom stereocenters. The number of anilines is 1. The molecule has 1 fully saturated rings. The van der Waals surface area contributed by atoms with Crippen molar-refractivity contribution in [2.24, 2.45) is 0 Å². The third-order valence-corrected chi connectivity index (χ3v) is 2.83. The molecule has 86 valence electrons. The molecule has 6 nitrogen and oxygen atoms in total. The summed E-state index contributed by atoms with van der Waals surface area (Å²) in [6.07, 6.45) is 1.57. The van der Waals surface area contributed by atoms with Gasteiger partial charge < -0.3 is 9.64 Å². The quantitative estimate of drug-likeness (QED) is 0.699. The normalized spacial score (nSPS) is 15.9. The Kier molecular flexibility index (Phi) is 3.47. The van der Waals surface area contributed by atoms with Crippen molar-refractivity contribution in [3.05, 3.63) is 11.6 Å². The Morgan fingerprint density at radius 1 is 1.44 bits per heavy atom. The fourth-order valence-corrected chi connectivity index (χ4v) is 1.87. The highest BCUT2D eigenvalue weighted by Crippen LogP contribution is 2.10. The number of amides is 2. The van der Waals surface area contributed by atoms with Gasteiger partial charge >= 0.3 is 11.8 Å². The molecule has 0 spiro atoms. The molecule has 2 amide bonds. The van der Waals surface area contributed by atoms with E-state index in [1.54, 1.807) is 11.6 Å². The van der Waals surface area contributed by atoms with Crippen molar-refractivity contribution in [1.29, 1.82) is 0 Å². The van der Waals surface area contributed by atoms with E-state index in [1.165, 1.54) is 16.2 Å². The second-order valence-electron chi connectivity index (χ2n) is 3.20. The van der Waals surface area contributed by atoms with Crippen LogP contribution in [0.1, 0.15) is 0 Å². The Morgan fingerprint density at radius 2 is 2.19 bits per heavy atom. The van der Waals surface area contributed by atoms with Crippen molar-refractivity contribution in [2.75, 3.05) is 31.6 Å². The standard InChI is InChI=1S/C9H11N3O3S/c13-7(11-9-10-1-6-16-9)8(14)12-2-4-15-5-3-12/h1,6H,2-5H2,(H,10,11,13). The van der Waals surface area contributed by atoms with E-state index >= 15 is 0 Å². The van der Waals surface area contributed by atoms with Gasteiger partial charge in [-0.15, -0.1) is 11.3 Å². The minimum atomic E-state index is -0.642. The number of nitrogens with zero attached hydrogens (tertiary/aromatic N) is 2. The molecule has 1 saturated heterocycles. The van der Waals surface area contributed by atoms with E-state index in [1.807, 2.05) is 0 Å². The molecule has 0 aromatic carbocycles. The van der Waals surface area contributed by atoms with Crippen LogP contribution in [0.5, 0.6) is 0 Å². The second-order valence-corrected chi connectivity index (χ2v) is 4.09. The fourth-order valence-electron chi connectivity index (χ4n) is 1.35. The Morgan fingerprint density at radius 3 is 2.81 bits per heavy atom. The fraction of sp³-hybridized carbons (Fsp3) is 0.444. The van der Waals surface area contributed by atoms with E-state index in [-0.39, 0.29) is 0 Å². The van der Waals surface area contributed by atoms with E-state index < -0.39 is 11.8 Å². The molecule has 0 bridgehead atoms. The molecule has 0 radical (unpaired) electrons. The van der Waals surface area contributed by atoms with Crippen LogP contribution in [0.3, 0.4) is 0 Å². The van der Waals surface area contributed by atoms with Crippen LogP contribution in [0, 0.1) is 0 Å². The minimum Gasteiger partial charge on any atom is -0.378 e. The first kappa shape index (κ1) is 11.0. The highest BCUT2D eigenvalue weighted by Gasteiger charge is 2.23. The Labute approximate surface area is 96.2 Å². The number of hydrogen-bond acceptors (Lipinski definition) is 5. The smallest absolute Gasteiger partial charge is 0.315 e. The highest BCUT2D eigenvalue weighted by atomic mass is 32.1. The SMILES string of the molecule is O=C(Nc1nccs1)C(=O)N1CCOCC1. The summed E-state index contributed by atoms with van der Waals surface area (Å²) in [6, 6.07) is 0. The molecule has 1 aromatic heterocycles. The number of aromatic nitrogens is 1. The Hall–Kier alpha value is -1.47. The van der Waals surface area contributed by atoms with Crippen LogP contribution in [0.2, 0.25) is 0 Å². The third kappa shape index (κ3) is 2.56. The molecule has 1 N–H and O–H groups in total. The topological polar surface area (TPSA) is 71.5 Å². The number of morpholine rings is 1.